The Labute approximate surface area is 55.7 Å². The number of hydrogen-bond acceptors (Lipinski definition) is 4. The topological polar surface area (TPSA) is 36.9 Å². The summed E-state index contributed by atoms with van der Waals surface area (Å²) >= 11 is 0. The van der Waals surface area contributed by atoms with Gasteiger partial charge < -0.3 is 4.74 Å². The molecule has 0 saturated heterocycles. The highest BCUT2D eigenvalue weighted by molar-refractivity contribution is 5.87. The van der Waals surface area contributed by atoms with Crippen molar-refractivity contribution in [2.75, 3.05) is 7.11 Å². The standard InChI is InChI=1S/C4H5F2N3O/c1-10-4-2-3(5)7-9(6)8-4/h2,7H,1H3. The third-order valence-electron chi connectivity index (χ3n) is 0.845. The van der Waals surface area contributed by atoms with E-state index in [4.69, 9.17) is 0 Å². The zero-order valence-electron chi connectivity index (χ0n) is 5.14. The molecule has 1 N–H and O–H groups in total. The minimum atomic E-state index is -0.852. The smallest absolute Gasteiger partial charge is 0.240 e. The van der Waals surface area contributed by atoms with Gasteiger partial charge in [-0.05, 0) is 5.34 Å². The molecule has 10 heavy (non-hydrogen) atoms. The monoisotopic (exact) mass is 149 g/mol. The van der Waals surface area contributed by atoms with Crippen molar-refractivity contribution in [3.05, 3.63) is 12.0 Å². The fourth-order valence-electron chi connectivity index (χ4n) is 0.469. The van der Waals surface area contributed by atoms with Crippen LogP contribution in [-0.4, -0.2) is 18.3 Å². The third-order valence-corrected chi connectivity index (χ3v) is 0.845. The highest BCUT2D eigenvalue weighted by atomic mass is 19.2. The van der Waals surface area contributed by atoms with Crippen LogP contribution in [0.4, 0.5) is 8.87 Å². The van der Waals surface area contributed by atoms with Gasteiger partial charge in [0.25, 0.3) is 0 Å². The summed E-state index contributed by atoms with van der Waals surface area (Å²) in [6.07, 6.45) is 0.927. The van der Waals surface area contributed by atoms with Crippen LogP contribution >= 0.6 is 0 Å². The van der Waals surface area contributed by atoms with Crippen LogP contribution in [0.2, 0.25) is 0 Å². The van der Waals surface area contributed by atoms with Crippen LogP contribution in [0, 0.1) is 0 Å². The lowest BCUT2D eigenvalue weighted by Gasteiger charge is -2.13. The first-order valence-corrected chi connectivity index (χ1v) is 2.44. The van der Waals surface area contributed by atoms with Crippen molar-refractivity contribution >= 4 is 5.90 Å². The number of hydrazone groups is 1. The van der Waals surface area contributed by atoms with E-state index in [-0.39, 0.29) is 11.2 Å². The van der Waals surface area contributed by atoms with E-state index >= 15 is 0 Å². The summed E-state index contributed by atoms with van der Waals surface area (Å²) < 4.78 is 28.7. The Morgan fingerprint density at radius 2 is 2.50 bits per heavy atom. The molecule has 6 heteroatoms. The minimum absolute atomic E-state index is 0.126. The van der Waals surface area contributed by atoms with Crippen LogP contribution in [0.15, 0.2) is 17.1 Å². The van der Waals surface area contributed by atoms with E-state index in [1.807, 2.05) is 0 Å². The summed E-state index contributed by atoms with van der Waals surface area (Å²) in [5.74, 6) is -0.979. The van der Waals surface area contributed by atoms with Crippen LogP contribution in [0.3, 0.4) is 0 Å². The van der Waals surface area contributed by atoms with Gasteiger partial charge in [0, 0.05) is 0 Å². The quantitative estimate of drug-likeness (QED) is 0.401. The van der Waals surface area contributed by atoms with Crippen LogP contribution in [0.1, 0.15) is 0 Å². The molecule has 1 heterocycles. The van der Waals surface area contributed by atoms with Crippen molar-refractivity contribution in [1.82, 2.24) is 10.8 Å². The maximum Gasteiger partial charge on any atom is 0.240 e. The van der Waals surface area contributed by atoms with Crippen LogP contribution in [0.5, 0.6) is 0 Å². The van der Waals surface area contributed by atoms with Gasteiger partial charge >= 0.3 is 0 Å². The predicted molar refractivity (Wildman–Crippen MR) is 29.7 cm³/mol. The van der Waals surface area contributed by atoms with Crippen LogP contribution in [0.25, 0.3) is 0 Å². The lowest BCUT2D eigenvalue weighted by molar-refractivity contribution is -0.0307. The zero-order valence-corrected chi connectivity index (χ0v) is 5.14. The van der Waals surface area contributed by atoms with Gasteiger partial charge in [0.1, 0.15) is 0 Å². The van der Waals surface area contributed by atoms with Gasteiger partial charge in [0.05, 0.1) is 13.2 Å². The van der Waals surface area contributed by atoms with E-state index in [1.54, 1.807) is 5.43 Å². The molecule has 0 radical (unpaired) electrons. The van der Waals surface area contributed by atoms with Crippen LogP contribution in [-0.2, 0) is 4.74 Å². The molecule has 0 aliphatic carbocycles. The molecule has 0 atom stereocenters. The van der Waals surface area contributed by atoms with E-state index in [0.29, 0.717) is 0 Å². The molecule has 0 amide bonds. The number of nitrogens with zero attached hydrogens (tertiary/aromatic N) is 2. The summed E-state index contributed by atoms with van der Waals surface area (Å²) in [5, 5.41) is 2.82. The first kappa shape index (κ1) is 6.79. The van der Waals surface area contributed by atoms with Gasteiger partial charge in [-0.2, -0.15) is 4.39 Å². The van der Waals surface area contributed by atoms with E-state index in [2.05, 4.69) is 9.84 Å². The molecule has 4 nitrogen and oxygen atoms in total. The largest absolute Gasteiger partial charge is 0.480 e. The van der Waals surface area contributed by atoms with Gasteiger partial charge in [0.15, 0.2) is 0 Å². The SMILES string of the molecule is COC1=NN(F)NC(F)=C1. The third kappa shape index (κ3) is 1.34. The van der Waals surface area contributed by atoms with Crippen molar-refractivity contribution < 1.29 is 13.6 Å². The lowest BCUT2D eigenvalue weighted by atomic mass is 10.6. The molecule has 0 aromatic heterocycles. The van der Waals surface area contributed by atoms with E-state index < -0.39 is 5.95 Å². The Morgan fingerprint density at radius 1 is 1.80 bits per heavy atom. The Hall–Kier alpha value is -1.33. The minimum Gasteiger partial charge on any atom is -0.480 e. The second-order valence-corrected chi connectivity index (χ2v) is 1.51. The van der Waals surface area contributed by atoms with Gasteiger partial charge in [0.2, 0.25) is 11.8 Å². The molecule has 0 bridgehead atoms. The maximum absolute atomic E-state index is 12.2. The first-order chi connectivity index (χ1) is 4.72. The summed E-state index contributed by atoms with van der Waals surface area (Å²) in [6.45, 7) is 0. The molecule has 56 valence electrons. The van der Waals surface area contributed by atoms with Crippen molar-refractivity contribution in [1.29, 1.82) is 0 Å². The van der Waals surface area contributed by atoms with E-state index in [9.17, 15) is 8.87 Å². The Bertz CT molecular complexity index is 191. The number of hydrazine groups is 1. The van der Waals surface area contributed by atoms with Gasteiger partial charge in [-0.15, -0.1) is 0 Å². The van der Waals surface area contributed by atoms with Crippen molar-refractivity contribution in [2.45, 2.75) is 0 Å². The maximum atomic E-state index is 12.2. The summed E-state index contributed by atoms with van der Waals surface area (Å²) in [4.78, 5) is 0. The number of methoxy groups -OCH3 is 1. The van der Waals surface area contributed by atoms with Crippen molar-refractivity contribution in [3.8, 4) is 0 Å². The average Bonchev–Trinajstić information content (AvgIpc) is 1.85. The summed E-state index contributed by atoms with van der Waals surface area (Å²) in [5.41, 5.74) is 1.64. The Balaban J connectivity index is 2.72. The molecule has 1 rings (SSSR count). The molecule has 0 aromatic rings. The predicted octanol–water partition coefficient (Wildman–Crippen LogP) is 0.462. The number of halogens is 2. The Kier molecular flexibility index (Phi) is 1.70. The fourth-order valence-corrected chi connectivity index (χ4v) is 0.469. The van der Waals surface area contributed by atoms with E-state index in [1.165, 1.54) is 7.11 Å². The molecule has 0 fully saturated rings. The second-order valence-electron chi connectivity index (χ2n) is 1.51. The molecular weight excluding hydrogens is 144 g/mol. The highest BCUT2D eigenvalue weighted by Gasteiger charge is 2.10. The summed E-state index contributed by atoms with van der Waals surface area (Å²) in [7, 11) is 1.27. The van der Waals surface area contributed by atoms with Gasteiger partial charge in [-0.25, -0.2) is 5.43 Å². The Morgan fingerprint density at radius 3 is 3.00 bits per heavy atom. The lowest BCUT2D eigenvalue weighted by Crippen LogP contribution is -2.29. The first-order valence-electron chi connectivity index (χ1n) is 2.44. The number of hydrogen-bond donors (Lipinski definition) is 1. The molecule has 1 aliphatic rings. The molecule has 0 aromatic carbocycles. The molecule has 0 unspecified atom stereocenters. The fraction of sp³-hybridized carbons (Fsp3) is 0.250. The average molecular weight is 149 g/mol. The molecule has 1 aliphatic heterocycles. The van der Waals surface area contributed by atoms with Gasteiger partial charge in [-0.3, -0.25) is 0 Å². The molecular formula is C4H5F2N3O. The van der Waals surface area contributed by atoms with Crippen LogP contribution < -0.4 is 5.43 Å². The zero-order chi connectivity index (χ0) is 7.56. The number of ether oxygens (including phenoxy) is 1. The molecule has 0 saturated carbocycles. The number of rotatable bonds is 0. The number of nitrogens with one attached hydrogen (secondary N) is 1. The summed E-state index contributed by atoms with van der Waals surface area (Å²) in [6, 6.07) is 0. The van der Waals surface area contributed by atoms with Gasteiger partial charge in [-0.1, -0.05) is 9.58 Å². The van der Waals surface area contributed by atoms with Crippen molar-refractivity contribution in [3.63, 3.8) is 0 Å². The van der Waals surface area contributed by atoms with E-state index in [0.717, 1.165) is 6.08 Å². The second kappa shape index (κ2) is 2.51. The highest BCUT2D eigenvalue weighted by Crippen LogP contribution is 2.03. The normalized spacial score (nSPS) is 17.3. The molecule has 0 spiro atoms. The van der Waals surface area contributed by atoms with Crippen molar-refractivity contribution in [2.24, 2.45) is 5.10 Å².